The molecule has 3 rings (SSSR count). The molecule has 0 saturated carbocycles. The highest BCUT2D eigenvalue weighted by Gasteiger charge is 2.40. The Labute approximate surface area is 201 Å². The van der Waals surface area contributed by atoms with E-state index >= 15 is 0 Å². The first-order chi connectivity index (χ1) is 16.4. The highest BCUT2D eigenvalue weighted by molar-refractivity contribution is 7.92. The molecular weight excluding hydrogens is 454 g/mol. The van der Waals surface area contributed by atoms with Gasteiger partial charge >= 0.3 is 5.97 Å². The molecule has 1 saturated heterocycles. The number of carbonyl (C=O) groups is 1. The predicted octanol–water partition coefficient (Wildman–Crippen LogP) is 3.47. The van der Waals surface area contributed by atoms with Gasteiger partial charge in [-0.3, -0.25) is 9.69 Å². The van der Waals surface area contributed by atoms with E-state index in [4.69, 9.17) is 14.2 Å². The van der Waals surface area contributed by atoms with Crippen molar-refractivity contribution in [1.82, 2.24) is 4.90 Å². The quantitative estimate of drug-likeness (QED) is 0.397. The third-order valence-electron chi connectivity index (χ3n) is 5.85. The fourth-order valence-electron chi connectivity index (χ4n) is 4.01. The smallest absolute Gasteiger partial charge is 0.323 e. The van der Waals surface area contributed by atoms with Gasteiger partial charge in [-0.25, -0.2) is 8.42 Å². The van der Waals surface area contributed by atoms with Gasteiger partial charge in [-0.2, -0.15) is 0 Å². The second-order valence-electron chi connectivity index (χ2n) is 7.96. The van der Waals surface area contributed by atoms with Crippen molar-refractivity contribution >= 4 is 15.8 Å². The Hall–Kier alpha value is -3.02. The van der Waals surface area contributed by atoms with E-state index in [9.17, 15) is 13.2 Å². The molecule has 0 N–H and O–H groups in total. The maximum atomic E-state index is 13.4. The van der Waals surface area contributed by atoms with Gasteiger partial charge in [0.15, 0.2) is 9.84 Å². The van der Waals surface area contributed by atoms with E-state index in [-0.39, 0.29) is 24.5 Å². The van der Waals surface area contributed by atoms with Crippen molar-refractivity contribution in [3.63, 3.8) is 0 Å². The average Bonchev–Trinajstić information content (AvgIpc) is 2.85. The molecule has 2 aromatic rings. The van der Waals surface area contributed by atoms with Crippen LogP contribution in [-0.2, 0) is 25.9 Å². The van der Waals surface area contributed by atoms with Crippen LogP contribution in [0.1, 0.15) is 32.3 Å². The lowest BCUT2D eigenvalue weighted by Crippen LogP contribution is -2.50. The van der Waals surface area contributed by atoms with Crippen LogP contribution in [0.2, 0.25) is 0 Å². The summed E-state index contributed by atoms with van der Waals surface area (Å²) in [7, 11) is -2.02. The summed E-state index contributed by atoms with van der Waals surface area (Å²) in [6.07, 6.45) is 0.612. The number of benzene rings is 2. The number of nitrogens with zero attached hydrogens (tertiary/aromatic N) is 1. The highest BCUT2D eigenvalue weighted by atomic mass is 32.2. The number of piperidine rings is 1. The van der Waals surface area contributed by atoms with E-state index in [1.54, 1.807) is 45.2 Å². The van der Waals surface area contributed by atoms with E-state index in [1.807, 2.05) is 29.2 Å². The lowest BCUT2D eigenvalue weighted by atomic mass is 10.0. The third-order valence-corrected chi connectivity index (χ3v) is 8.08. The standard InChI is InChI=1S/C26H31NO6S/c1-4-6-17-33-22-11-13-23(14-12-22)34(29,30)24-15-16-27(25(18-24)26(28)32-5-2)19-20-7-9-21(31-3)10-8-20/h7-14,24-25H,5,15-19H2,1-3H3. The minimum atomic E-state index is -3.63. The molecule has 2 unspecified atom stereocenters. The number of rotatable bonds is 9. The number of ether oxygens (including phenoxy) is 3. The van der Waals surface area contributed by atoms with Gasteiger partial charge in [0.1, 0.15) is 24.1 Å². The summed E-state index contributed by atoms with van der Waals surface area (Å²) in [6.45, 7) is 4.95. The summed E-state index contributed by atoms with van der Waals surface area (Å²) in [5.74, 6) is 6.46. The van der Waals surface area contributed by atoms with E-state index < -0.39 is 27.1 Å². The molecule has 0 radical (unpaired) electrons. The molecule has 0 spiro atoms. The zero-order valence-electron chi connectivity index (χ0n) is 19.8. The first kappa shape index (κ1) is 25.6. The fraction of sp³-hybridized carbons (Fsp3) is 0.423. The second-order valence-corrected chi connectivity index (χ2v) is 10.2. The number of sulfone groups is 1. The van der Waals surface area contributed by atoms with Crippen LogP contribution in [0.3, 0.4) is 0 Å². The Kier molecular flexibility index (Phi) is 8.97. The average molecular weight is 486 g/mol. The van der Waals surface area contributed by atoms with Crippen LogP contribution in [-0.4, -0.2) is 57.4 Å². The highest BCUT2D eigenvalue weighted by Crippen LogP contribution is 2.30. The Morgan fingerprint density at radius 2 is 1.76 bits per heavy atom. The van der Waals surface area contributed by atoms with Gasteiger partial charge in [0, 0.05) is 13.1 Å². The fourth-order valence-corrected chi connectivity index (χ4v) is 5.76. The zero-order valence-corrected chi connectivity index (χ0v) is 20.6. The topological polar surface area (TPSA) is 82.1 Å². The molecule has 2 atom stereocenters. The summed E-state index contributed by atoms with van der Waals surface area (Å²) < 4.78 is 42.7. The first-order valence-electron chi connectivity index (χ1n) is 11.3. The second kappa shape index (κ2) is 11.9. The van der Waals surface area contributed by atoms with E-state index in [0.29, 0.717) is 25.3 Å². The molecule has 0 aliphatic carbocycles. The summed E-state index contributed by atoms with van der Waals surface area (Å²) in [6, 6.07) is 13.4. The van der Waals surface area contributed by atoms with Crippen molar-refractivity contribution in [3.8, 4) is 23.3 Å². The van der Waals surface area contributed by atoms with Gasteiger partial charge in [0.05, 0.1) is 23.9 Å². The van der Waals surface area contributed by atoms with Crippen molar-refractivity contribution < 1.29 is 27.4 Å². The summed E-state index contributed by atoms with van der Waals surface area (Å²) in [5.41, 5.74) is 1.01. The third kappa shape index (κ3) is 6.31. The lowest BCUT2D eigenvalue weighted by molar-refractivity contribution is -0.151. The van der Waals surface area contributed by atoms with Crippen molar-refractivity contribution in [2.45, 2.75) is 49.4 Å². The van der Waals surface area contributed by atoms with Gasteiger partial charge in [-0.05, 0) is 68.7 Å². The summed E-state index contributed by atoms with van der Waals surface area (Å²) in [5, 5.41) is -0.674. The molecule has 7 nitrogen and oxygen atoms in total. The van der Waals surface area contributed by atoms with E-state index in [0.717, 1.165) is 11.3 Å². The minimum absolute atomic E-state index is 0.182. The number of hydrogen-bond acceptors (Lipinski definition) is 7. The van der Waals surface area contributed by atoms with Crippen molar-refractivity contribution in [3.05, 3.63) is 54.1 Å². The van der Waals surface area contributed by atoms with Crippen LogP contribution in [0.4, 0.5) is 0 Å². The van der Waals surface area contributed by atoms with Gasteiger partial charge in [0.25, 0.3) is 0 Å². The molecule has 8 heteroatoms. The van der Waals surface area contributed by atoms with Gasteiger partial charge < -0.3 is 14.2 Å². The first-order valence-corrected chi connectivity index (χ1v) is 12.8. The van der Waals surface area contributed by atoms with Crippen LogP contribution < -0.4 is 9.47 Å². The van der Waals surface area contributed by atoms with Gasteiger partial charge in [-0.1, -0.05) is 18.1 Å². The van der Waals surface area contributed by atoms with Crippen LogP contribution in [0, 0.1) is 11.8 Å². The summed E-state index contributed by atoms with van der Waals surface area (Å²) >= 11 is 0. The molecule has 34 heavy (non-hydrogen) atoms. The van der Waals surface area contributed by atoms with E-state index in [1.165, 1.54) is 0 Å². The van der Waals surface area contributed by atoms with Crippen molar-refractivity contribution in [1.29, 1.82) is 0 Å². The number of methoxy groups -OCH3 is 1. The number of hydrogen-bond donors (Lipinski definition) is 0. The molecule has 0 amide bonds. The maximum absolute atomic E-state index is 13.4. The normalized spacial score (nSPS) is 18.4. The molecule has 1 fully saturated rings. The Morgan fingerprint density at radius 1 is 1.09 bits per heavy atom. The predicted molar refractivity (Wildman–Crippen MR) is 129 cm³/mol. The van der Waals surface area contributed by atoms with E-state index in [2.05, 4.69) is 11.8 Å². The monoisotopic (exact) mass is 485 g/mol. The summed E-state index contributed by atoms with van der Waals surface area (Å²) in [4.78, 5) is 15.0. The molecule has 1 aliphatic rings. The van der Waals surface area contributed by atoms with Crippen LogP contribution >= 0.6 is 0 Å². The number of carbonyl (C=O) groups excluding carboxylic acids is 1. The number of esters is 1. The van der Waals surface area contributed by atoms with Gasteiger partial charge in [0.2, 0.25) is 0 Å². The molecule has 1 aliphatic heterocycles. The lowest BCUT2D eigenvalue weighted by Gasteiger charge is -2.37. The molecule has 0 bridgehead atoms. The Morgan fingerprint density at radius 3 is 2.38 bits per heavy atom. The Bertz CT molecular complexity index is 1120. The molecule has 182 valence electrons. The van der Waals surface area contributed by atoms with Crippen LogP contribution in [0.5, 0.6) is 11.5 Å². The maximum Gasteiger partial charge on any atom is 0.323 e. The van der Waals surface area contributed by atoms with Crippen molar-refractivity contribution in [2.24, 2.45) is 0 Å². The SMILES string of the molecule is CC#CCOc1ccc(S(=O)(=O)C2CCN(Cc3ccc(OC)cc3)C(C(=O)OCC)C2)cc1. The van der Waals surface area contributed by atoms with Crippen molar-refractivity contribution in [2.75, 3.05) is 26.9 Å². The molecule has 2 aromatic carbocycles. The molecule has 1 heterocycles. The van der Waals surface area contributed by atoms with Crippen LogP contribution in [0.25, 0.3) is 0 Å². The van der Waals surface area contributed by atoms with Crippen LogP contribution in [0.15, 0.2) is 53.4 Å². The van der Waals surface area contributed by atoms with Gasteiger partial charge in [-0.15, -0.1) is 5.92 Å². The zero-order chi connectivity index (χ0) is 24.6. The Balaban J connectivity index is 1.75. The minimum Gasteiger partial charge on any atom is -0.497 e. The number of likely N-dealkylation sites (tertiary alicyclic amines) is 1. The molecular formula is C26H31NO6S. The largest absolute Gasteiger partial charge is 0.497 e. The molecule has 0 aromatic heterocycles.